The maximum Gasteiger partial charge on any atom is 0.221 e. The first kappa shape index (κ1) is 14.9. The van der Waals surface area contributed by atoms with Gasteiger partial charge in [-0.15, -0.1) is 0 Å². The van der Waals surface area contributed by atoms with Crippen LogP contribution in [0.3, 0.4) is 0 Å². The quantitative estimate of drug-likeness (QED) is 0.857. The summed E-state index contributed by atoms with van der Waals surface area (Å²) in [5, 5.41) is 3.42. The Morgan fingerprint density at radius 3 is 2.48 bits per heavy atom. The van der Waals surface area contributed by atoms with Gasteiger partial charge in [0.1, 0.15) is 5.75 Å². The minimum atomic E-state index is -0.321. The minimum absolute atomic E-state index is 0.114. The predicted molar refractivity (Wildman–Crippen MR) is 84.4 cm³/mol. The third-order valence-electron chi connectivity index (χ3n) is 3.32. The zero-order valence-corrected chi connectivity index (χ0v) is 12.3. The van der Waals surface area contributed by atoms with Crippen molar-refractivity contribution in [2.24, 2.45) is 5.73 Å². The van der Waals surface area contributed by atoms with Gasteiger partial charge in [-0.3, -0.25) is 4.79 Å². The molecular weight excluding hydrogens is 264 g/mol. The number of nitrogens with two attached hydrogens (primary N) is 1. The summed E-state index contributed by atoms with van der Waals surface area (Å²) >= 11 is 0. The summed E-state index contributed by atoms with van der Waals surface area (Å²) in [4.78, 5) is 10.9. The van der Waals surface area contributed by atoms with E-state index < -0.39 is 0 Å². The van der Waals surface area contributed by atoms with Gasteiger partial charge in [0.25, 0.3) is 0 Å². The first-order chi connectivity index (χ1) is 10.1. The molecule has 2 rings (SSSR count). The number of ether oxygens (including phenoxy) is 1. The van der Waals surface area contributed by atoms with Gasteiger partial charge in [-0.25, -0.2) is 0 Å². The van der Waals surface area contributed by atoms with Crippen molar-refractivity contribution >= 4 is 11.6 Å². The molecule has 4 heteroatoms. The number of nitrogens with one attached hydrogen (secondary N) is 1. The van der Waals surface area contributed by atoms with Crippen LogP contribution in [0.15, 0.2) is 48.5 Å². The molecule has 3 N–H and O–H groups in total. The molecule has 0 heterocycles. The van der Waals surface area contributed by atoms with Crippen molar-refractivity contribution in [1.82, 2.24) is 0 Å². The number of anilines is 1. The monoisotopic (exact) mass is 284 g/mol. The summed E-state index contributed by atoms with van der Waals surface area (Å²) in [7, 11) is 1.67. The second kappa shape index (κ2) is 6.79. The van der Waals surface area contributed by atoms with Crippen LogP contribution in [0, 0.1) is 0 Å². The summed E-state index contributed by atoms with van der Waals surface area (Å²) in [5.41, 5.74) is 8.18. The Hall–Kier alpha value is -2.49. The van der Waals surface area contributed by atoms with E-state index >= 15 is 0 Å². The Balaban J connectivity index is 2.08. The van der Waals surface area contributed by atoms with E-state index in [0.717, 1.165) is 22.6 Å². The van der Waals surface area contributed by atoms with Gasteiger partial charge in [-0.1, -0.05) is 30.3 Å². The number of carbonyl (C=O) groups excluding carboxylic acids is 1. The highest BCUT2D eigenvalue weighted by Gasteiger charge is 2.10. The highest BCUT2D eigenvalue weighted by molar-refractivity contribution is 5.76. The number of carbonyl (C=O) groups is 1. The van der Waals surface area contributed by atoms with Crippen LogP contribution in [0.4, 0.5) is 5.69 Å². The van der Waals surface area contributed by atoms with Crippen molar-refractivity contribution in [3.05, 3.63) is 59.7 Å². The number of para-hydroxylation sites is 1. The standard InChI is InChI=1S/C17H20N2O2/c1-12(15-5-3-4-6-16(15)21-2)19-14-9-7-13(8-10-14)11-17(18)20/h3-10,12,19H,11H2,1-2H3,(H2,18,20). The van der Waals surface area contributed by atoms with E-state index in [9.17, 15) is 4.79 Å². The highest BCUT2D eigenvalue weighted by Crippen LogP contribution is 2.27. The lowest BCUT2D eigenvalue weighted by Gasteiger charge is -2.18. The molecule has 2 aromatic rings. The molecule has 1 unspecified atom stereocenters. The maximum atomic E-state index is 10.9. The van der Waals surface area contributed by atoms with Gasteiger partial charge in [0.15, 0.2) is 0 Å². The molecule has 1 atom stereocenters. The van der Waals surface area contributed by atoms with Gasteiger partial charge in [0.2, 0.25) is 5.91 Å². The third kappa shape index (κ3) is 3.99. The van der Waals surface area contributed by atoms with Crippen molar-refractivity contribution in [2.75, 3.05) is 12.4 Å². The first-order valence-electron chi connectivity index (χ1n) is 6.87. The fourth-order valence-electron chi connectivity index (χ4n) is 2.27. The van der Waals surface area contributed by atoms with Crippen LogP contribution in [-0.4, -0.2) is 13.0 Å². The number of benzene rings is 2. The van der Waals surface area contributed by atoms with Crippen molar-refractivity contribution in [3.8, 4) is 5.75 Å². The number of amides is 1. The SMILES string of the molecule is COc1ccccc1C(C)Nc1ccc(CC(N)=O)cc1. The second-order valence-corrected chi connectivity index (χ2v) is 4.95. The van der Waals surface area contributed by atoms with Crippen molar-refractivity contribution < 1.29 is 9.53 Å². The topological polar surface area (TPSA) is 64.3 Å². The van der Waals surface area contributed by atoms with Gasteiger partial charge in [-0.2, -0.15) is 0 Å². The number of rotatable bonds is 6. The molecule has 21 heavy (non-hydrogen) atoms. The molecule has 0 aliphatic rings. The summed E-state index contributed by atoms with van der Waals surface area (Å²) in [6.07, 6.45) is 0.266. The van der Waals surface area contributed by atoms with Gasteiger partial charge in [-0.05, 0) is 30.7 Å². The van der Waals surface area contributed by atoms with Crippen LogP contribution in [0.25, 0.3) is 0 Å². The summed E-state index contributed by atoms with van der Waals surface area (Å²) in [6.45, 7) is 2.08. The Morgan fingerprint density at radius 1 is 1.19 bits per heavy atom. The molecule has 2 aromatic carbocycles. The van der Waals surface area contributed by atoms with Gasteiger partial charge in [0.05, 0.1) is 19.6 Å². The fraction of sp³-hybridized carbons (Fsp3) is 0.235. The second-order valence-electron chi connectivity index (χ2n) is 4.95. The molecule has 0 spiro atoms. The zero-order valence-electron chi connectivity index (χ0n) is 12.3. The van der Waals surface area contributed by atoms with E-state index in [1.165, 1.54) is 0 Å². The fourth-order valence-corrected chi connectivity index (χ4v) is 2.27. The third-order valence-corrected chi connectivity index (χ3v) is 3.32. The Kier molecular flexibility index (Phi) is 4.82. The number of primary amides is 1. The molecule has 0 saturated heterocycles. The molecular formula is C17H20N2O2. The Labute approximate surface area is 124 Å². The molecule has 0 radical (unpaired) electrons. The Morgan fingerprint density at radius 2 is 1.86 bits per heavy atom. The lowest BCUT2D eigenvalue weighted by atomic mass is 10.1. The smallest absolute Gasteiger partial charge is 0.221 e. The lowest BCUT2D eigenvalue weighted by Crippen LogP contribution is -2.13. The predicted octanol–water partition coefficient (Wildman–Crippen LogP) is 2.90. The van der Waals surface area contributed by atoms with E-state index in [-0.39, 0.29) is 18.4 Å². The summed E-state index contributed by atoms with van der Waals surface area (Å²) in [6, 6.07) is 15.8. The van der Waals surface area contributed by atoms with Crippen LogP contribution in [-0.2, 0) is 11.2 Å². The molecule has 0 fully saturated rings. The minimum Gasteiger partial charge on any atom is -0.496 e. The number of hydrogen-bond acceptors (Lipinski definition) is 3. The normalized spacial score (nSPS) is 11.7. The van der Waals surface area contributed by atoms with E-state index in [0.29, 0.717) is 0 Å². The molecule has 4 nitrogen and oxygen atoms in total. The molecule has 110 valence electrons. The average Bonchev–Trinajstić information content (AvgIpc) is 2.48. The summed E-state index contributed by atoms with van der Waals surface area (Å²) in [5.74, 6) is 0.543. The van der Waals surface area contributed by atoms with E-state index in [4.69, 9.17) is 10.5 Å². The largest absolute Gasteiger partial charge is 0.496 e. The Bertz CT molecular complexity index is 608. The summed E-state index contributed by atoms with van der Waals surface area (Å²) < 4.78 is 5.38. The molecule has 0 aliphatic carbocycles. The molecule has 0 aliphatic heterocycles. The molecule has 1 amide bonds. The molecule has 0 saturated carbocycles. The van der Waals surface area contributed by atoms with Crippen LogP contribution < -0.4 is 15.8 Å². The van der Waals surface area contributed by atoms with Crippen LogP contribution in [0.1, 0.15) is 24.1 Å². The lowest BCUT2D eigenvalue weighted by molar-refractivity contribution is -0.117. The van der Waals surface area contributed by atoms with E-state index in [1.807, 2.05) is 48.5 Å². The van der Waals surface area contributed by atoms with Gasteiger partial charge >= 0.3 is 0 Å². The van der Waals surface area contributed by atoms with Crippen molar-refractivity contribution in [3.63, 3.8) is 0 Å². The molecule has 0 bridgehead atoms. The van der Waals surface area contributed by atoms with Gasteiger partial charge in [0, 0.05) is 11.3 Å². The first-order valence-corrected chi connectivity index (χ1v) is 6.87. The van der Waals surface area contributed by atoms with Crippen LogP contribution >= 0.6 is 0 Å². The highest BCUT2D eigenvalue weighted by atomic mass is 16.5. The van der Waals surface area contributed by atoms with Crippen molar-refractivity contribution in [1.29, 1.82) is 0 Å². The van der Waals surface area contributed by atoms with Gasteiger partial charge < -0.3 is 15.8 Å². The van der Waals surface area contributed by atoms with E-state index in [1.54, 1.807) is 7.11 Å². The van der Waals surface area contributed by atoms with Crippen molar-refractivity contribution in [2.45, 2.75) is 19.4 Å². The zero-order chi connectivity index (χ0) is 15.2. The molecule has 0 aromatic heterocycles. The average molecular weight is 284 g/mol. The number of hydrogen-bond donors (Lipinski definition) is 2. The maximum absolute atomic E-state index is 10.9. The van der Waals surface area contributed by atoms with E-state index in [2.05, 4.69) is 12.2 Å². The number of methoxy groups -OCH3 is 1. The van der Waals surface area contributed by atoms with Crippen LogP contribution in [0.2, 0.25) is 0 Å². The van der Waals surface area contributed by atoms with Crippen LogP contribution in [0.5, 0.6) is 5.75 Å².